The molecule has 21 heavy (non-hydrogen) atoms. The van der Waals surface area contributed by atoms with Gasteiger partial charge in [-0.3, -0.25) is 4.68 Å². The average Bonchev–Trinajstić information content (AvgIpc) is 3.17. The minimum absolute atomic E-state index is 0.794. The standard InChI is InChI=1S/C17H19N3S/c1-2-11-20-14(9-10-19-20)13-18-16-7-4-3-6-15(16)17-8-5-12-21-17/h3-10,12,18H,2,11,13H2,1H3. The van der Waals surface area contributed by atoms with E-state index in [-0.39, 0.29) is 0 Å². The Morgan fingerprint density at radius 2 is 2.05 bits per heavy atom. The van der Waals surface area contributed by atoms with E-state index in [9.17, 15) is 0 Å². The summed E-state index contributed by atoms with van der Waals surface area (Å²) in [5.41, 5.74) is 3.65. The van der Waals surface area contributed by atoms with E-state index in [2.05, 4.69) is 69.9 Å². The lowest BCUT2D eigenvalue weighted by Crippen LogP contribution is -2.09. The molecule has 0 spiro atoms. The Kier molecular flexibility index (Phi) is 4.36. The van der Waals surface area contributed by atoms with E-state index in [1.165, 1.54) is 21.8 Å². The van der Waals surface area contributed by atoms with Gasteiger partial charge in [0.25, 0.3) is 0 Å². The third-order valence-electron chi connectivity index (χ3n) is 3.41. The van der Waals surface area contributed by atoms with E-state index in [1.807, 2.05) is 6.20 Å². The molecular weight excluding hydrogens is 278 g/mol. The number of hydrogen-bond donors (Lipinski definition) is 1. The third-order valence-corrected chi connectivity index (χ3v) is 4.32. The smallest absolute Gasteiger partial charge is 0.0575 e. The maximum absolute atomic E-state index is 4.37. The van der Waals surface area contributed by atoms with Gasteiger partial charge in [-0.05, 0) is 30.0 Å². The molecule has 1 N–H and O–H groups in total. The molecule has 3 rings (SSSR count). The SMILES string of the molecule is CCCn1nccc1CNc1ccccc1-c1cccs1. The van der Waals surface area contributed by atoms with Crippen molar-refractivity contribution in [3.63, 3.8) is 0 Å². The fourth-order valence-electron chi connectivity index (χ4n) is 2.39. The molecule has 3 nitrogen and oxygen atoms in total. The minimum atomic E-state index is 0.794. The highest BCUT2D eigenvalue weighted by atomic mass is 32.1. The molecule has 4 heteroatoms. The van der Waals surface area contributed by atoms with Gasteiger partial charge in [-0.25, -0.2) is 0 Å². The Bertz CT molecular complexity index is 686. The summed E-state index contributed by atoms with van der Waals surface area (Å²) < 4.78 is 2.07. The maximum Gasteiger partial charge on any atom is 0.0575 e. The zero-order valence-electron chi connectivity index (χ0n) is 12.1. The molecule has 108 valence electrons. The predicted octanol–water partition coefficient (Wildman–Crippen LogP) is 4.63. The highest BCUT2D eigenvalue weighted by molar-refractivity contribution is 7.13. The third kappa shape index (κ3) is 3.16. The first-order valence-electron chi connectivity index (χ1n) is 7.26. The Morgan fingerprint density at radius 3 is 2.86 bits per heavy atom. The van der Waals surface area contributed by atoms with Crippen molar-refractivity contribution in [1.29, 1.82) is 0 Å². The Labute approximate surface area is 129 Å². The largest absolute Gasteiger partial charge is 0.379 e. The molecule has 0 aliphatic heterocycles. The highest BCUT2D eigenvalue weighted by Gasteiger charge is 2.06. The van der Waals surface area contributed by atoms with Gasteiger partial charge in [0, 0.05) is 28.9 Å². The summed E-state index contributed by atoms with van der Waals surface area (Å²) in [4.78, 5) is 1.29. The van der Waals surface area contributed by atoms with Crippen LogP contribution in [0.25, 0.3) is 10.4 Å². The summed E-state index contributed by atoms with van der Waals surface area (Å²) in [7, 11) is 0. The topological polar surface area (TPSA) is 29.9 Å². The van der Waals surface area contributed by atoms with Crippen molar-refractivity contribution in [1.82, 2.24) is 9.78 Å². The Morgan fingerprint density at radius 1 is 1.14 bits per heavy atom. The monoisotopic (exact) mass is 297 g/mol. The first-order valence-corrected chi connectivity index (χ1v) is 8.14. The molecule has 0 aliphatic carbocycles. The number of benzene rings is 1. The first kappa shape index (κ1) is 13.9. The number of nitrogens with zero attached hydrogens (tertiary/aromatic N) is 2. The number of aryl methyl sites for hydroxylation is 1. The average molecular weight is 297 g/mol. The summed E-state index contributed by atoms with van der Waals surface area (Å²) >= 11 is 1.77. The molecule has 0 saturated carbocycles. The molecule has 2 aromatic heterocycles. The Balaban J connectivity index is 1.78. The van der Waals surface area contributed by atoms with Crippen molar-refractivity contribution in [3.8, 4) is 10.4 Å². The van der Waals surface area contributed by atoms with Crippen LogP contribution in [0.2, 0.25) is 0 Å². The van der Waals surface area contributed by atoms with E-state index in [4.69, 9.17) is 0 Å². The molecular formula is C17H19N3S. The van der Waals surface area contributed by atoms with E-state index in [0.717, 1.165) is 19.5 Å². The van der Waals surface area contributed by atoms with Gasteiger partial charge in [-0.1, -0.05) is 31.2 Å². The van der Waals surface area contributed by atoms with Crippen LogP contribution in [-0.4, -0.2) is 9.78 Å². The van der Waals surface area contributed by atoms with E-state index in [1.54, 1.807) is 11.3 Å². The molecule has 3 aromatic rings. The molecule has 0 saturated heterocycles. The molecule has 0 amide bonds. The predicted molar refractivity (Wildman–Crippen MR) is 89.6 cm³/mol. The van der Waals surface area contributed by atoms with Crippen molar-refractivity contribution in [2.24, 2.45) is 0 Å². The molecule has 0 bridgehead atoms. The van der Waals surface area contributed by atoms with Crippen LogP contribution < -0.4 is 5.32 Å². The minimum Gasteiger partial charge on any atom is -0.379 e. The van der Waals surface area contributed by atoms with Gasteiger partial charge in [0.2, 0.25) is 0 Å². The van der Waals surface area contributed by atoms with Gasteiger partial charge in [0.1, 0.15) is 0 Å². The fraction of sp³-hybridized carbons (Fsp3) is 0.235. The maximum atomic E-state index is 4.37. The number of para-hydroxylation sites is 1. The van der Waals surface area contributed by atoms with Crippen molar-refractivity contribution < 1.29 is 0 Å². The van der Waals surface area contributed by atoms with Crippen LogP contribution in [0.15, 0.2) is 54.0 Å². The molecule has 1 aromatic carbocycles. The van der Waals surface area contributed by atoms with E-state index < -0.39 is 0 Å². The second-order valence-corrected chi connectivity index (χ2v) is 5.87. The van der Waals surface area contributed by atoms with Gasteiger partial charge in [0.05, 0.1) is 12.2 Å². The lowest BCUT2D eigenvalue weighted by molar-refractivity contribution is 0.578. The van der Waals surface area contributed by atoms with Crippen LogP contribution >= 0.6 is 11.3 Å². The van der Waals surface area contributed by atoms with Crippen LogP contribution in [0.3, 0.4) is 0 Å². The number of hydrogen-bond acceptors (Lipinski definition) is 3. The van der Waals surface area contributed by atoms with Crippen LogP contribution in [0, 0.1) is 0 Å². The van der Waals surface area contributed by atoms with Crippen molar-refractivity contribution >= 4 is 17.0 Å². The molecule has 0 unspecified atom stereocenters. The summed E-state index contributed by atoms with van der Waals surface area (Å²) in [6.45, 7) is 3.93. The second kappa shape index (κ2) is 6.59. The van der Waals surface area contributed by atoms with Gasteiger partial charge >= 0.3 is 0 Å². The zero-order valence-corrected chi connectivity index (χ0v) is 12.9. The summed E-state index contributed by atoms with van der Waals surface area (Å²) in [6, 6.07) is 14.8. The molecule has 0 radical (unpaired) electrons. The number of nitrogens with one attached hydrogen (secondary N) is 1. The lowest BCUT2D eigenvalue weighted by atomic mass is 10.1. The summed E-state index contributed by atoms with van der Waals surface area (Å²) in [6.07, 6.45) is 2.97. The van der Waals surface area contributed by atoms with Crippen molar-refractivity contribution in [2.75, 3.05) is 5.32 Å². The lowest BCUT2D eigenvalue weighted by Gasteiger charge is -2.12. The molecule has 0 atom stereocenters. The number of aromatic nitrogens is 2. The molecule has 2 heterocycles. The number of thiophene rings is 1. The number of rotatable bonds is 6. The van der Waals surface area contributed by atoms with Crippen LogP contribution in [-0.2, 0) is 13.1 Å². The normalized spacial score (nSPS) is 10.7. The van der Waals surface area contributed by atoms with E-state index >= 15 is 0 Å². The molecule has 0 fully saturated rings. The number of anilines is 1. The second-order valence-electron chi connectivity index (χ2n) is 4.92. The van der Waals surface area contributed by atoms with Gasteiger partial charge < -0.3 is 5.32 Å². The van der Waals surface area contributed by atoms with Crippen LogP contribution in [0.5, 0.6) is 0 Å². The zero-order chi connectivity index (χ0) is 14.5. The summed E-state index contributed by atoms with van der Waals surface area (Å²) in [5.74, 6) is 0. The first-order chi connectivity index (χ1) is 10.4. The van der Waals surface area contributed by atoms with Crippen molar-refractivity contribution in [2.45, 2.75) is 26.4 Å². The van der Waals surface area contributed by atoms with Gasteiger partial charge in [-0.15, -0.1) is 11.3 Å². The van der Waals surface area contributed by atoms with Gasteiger partial charge in [0.15, 0.2) is 0 Å². The van der Waals surface area contributed by atoms with Gasteiger partial charge in [-0.2, -0.15) is 5.10 Å². The van der Waals surface area contributed by atoms with Crippen LogP contribution in [0.1, 0.15) is 19.0 Å². The van der Waals surface area contributed by atoms with E-state index in [0.29, 0.717) is 0 Å². The quantitative estimate of drug-likeness (QED) is 0.718. The summed E-state index contributed by atoms with van der Waals surface area (Å²) in [5, 5.41) is 10.0. The Hall–Kier alpha value is -2.07. The van der Waals surface area contributed by atoms with Crippen molar-refractivity contribution in [3.05, 3.63) is 59.7 Å². The highest BCUT2D eigenvalue weighted by Crippen LogP contribution is 2.31. The molecule has 0 aliphatic rings. The van der Waals surface area contributed by atoms with Crippen LogP contribution in [0.4, 0.5) is 5.69 Å². The fourth-order valence-corrected chi connectivity index (χ4v) is 3.16.